The highest BCUT2D eigenvalue weighted by Crippen LogP contribution is 2.18. The van der Waals surface area contributed by atoms with E-state index >= 15 is 0 Å². The maximum Gasteiger partial charge on any atom is 0.451 e. The molecule has 62 valence electrons. The normalized spacial score (nSPS) is 14.0. The standard InChI is InChI=1S/C5H4BrF3N2/c1-2-10-4(11-3-6)5(7,8)9/h2-3H,1H2/b10-4-,11-3-. The molecule has 0 rings (SSSR count). The number of aliphatic imine (C=N–C) groups is 2. The molecule has 0 saturated carbocycles. The van der Waals surface area contributed by atoms with Gasteiger partial charge in [-0.3, -0.25) is 0 Å². The summed E-state index contributed by atoms with van der Waals surface area (Å²) >= 11 is 2.61. The van der Waals surface area contributed by atoms with Crippen LogP contribution in [0.4, 0.5) is 13.2 Å². The largest absolute Gasteiger partial charge is 0.451 e. The molecular weight excluding hydrogens is 225 g/mol. The second-order valence-electron chi connectivity index (χ2n) is 1.36. The maximum atomic E-state index is 11.8. The molecule has 0 aromatic carbocycles. The van der Waals surface area contributed by atoms with E-state index in [9.17, 15) is 13.2 Å². The number of rotatable bonds is 1. The fourth-order valence-electron chi connectivity index (χ4n) is 0.312. The topological polar surface area (TPSA) is 24.7 Å². The minimum Gasteiger partial charge on any atom is -0.234 e. The summed E-state index contributed by atoms with van der Waals surface area (Å²) in [4.78, 5) is 5.84. The van der Waals surface area contributed by atoms with Crippen LogP contribution in [0.25, 0.3) is 0 Å². The van der Waals surface area contributed by atoms with E-state index < -0.39 is 12.0 Å². The summed E-state index contributed by atoms with van der Waals surface area (Å²) in [5.74, 6) is -1.23. The smallest absolute Gasteiger partial charge is 0.234 e. The van der Waals surface area contributed by atoms with E-state index in [1.165, 1.54) is 0 Å². The third kappa shape index (κ3) is 3.92. The van der Waals surface area contributed by atoms with E-state index in [0.717, 1.165) is 11.3 Å². The van der Waals surface area contributed by atoms with Crippen molar-refractivity contribution >= 4 is 26.9 Å². The van der Waals surface area contributed by atoms with Gasteiger partial charge in [0.1, 0.15) is 0 Å². The van der Waals surface area contributed by atoms with Crippen LogP contribution in [0, 0.1) is 0 Å². The summed E-state index contributed by atoms with van der Waals surface area (Å²) in [6, 6.07) is 0. The Morgan fingerprint density at radius 3 is 2.27 bits per heavy atom. The fourth-order valence-corrected chi connectivity index (χ4v) is 0.506. The Balaban J connectivity index is 4.61. The number of nitrogens with zero attached hydrogens (tertiary/aromatic N) is 2. The fraction of sp³-hybridized carbons (Fsp3) is 0.200. The van der Waals surface area contributed by atoms with Crippen molar-refractivity contribution in [1.29, 1.82) is 0 Å². The molecule has 0 spiro atoms. The highest BCUT2D eigenvalue weighted by Gasteiger charge is 2.35. The van der Waals surface area contributed by atoms with Gasteiger partial charge in [0.25, 0.3) is 0 Å². The highest BCUT2D eigenvalue weighted by atomic mass is 79.9. The second kappa shape index (κ2) is 4.27. The van der Waals surface area contributed by atoms with Gasteiger partial charge in [0, 0.05) is 6.20 Å². The zero-order chi connectivity index (χ0) is 8.91. The van der Waals surface area contributed by atoms with Crippen LogP contribution >= 0.6 is 15.9 Å². The maximum absolute atomic E-state index is 11.8. The third-order valence-corrected chi connectivity index (χ3v) is 0.843. The summed E-state index contributed by atoms with van der Waals surface area (Å²) in [5.41, 5.74) is 0. The molecule has 0 aliphatic rings. The number of amidine groups is 1. The average molecular weight is 229 g/mol. The van der Waals surface area contributed by atoms with E-state index in [1.807, 2.05) is 0 Å². The predicted molar refractivity (Wildman–Crippen MR) is 41.1 cm³/mol. The van der Waals surface area contributed by atoms with Gasteiger partial charge < -0.3 is 0 Å². The van der Waals surface area contributed by atoms with Crippen molar-refractivity contribution in [1.82, 2.24) is 0 Å². The van der Waals surface area contributed by atoms with E-state index in [0.29, 0.717) is 0 Å². The summed E-state index contributed by atoms with van der Waals surface area (Å²) in [6.45, 7) is 3.02. The Kier molecular flexibility index (Phi) is 4.02. The SMILES string of the molecule is C=C/N=C(\N=C/Br)C(F)(F)F. The van der Waals surface area contributed by atoms with E-state index in [4.69, 9.17) is 0 Å². The van der Waals surface area contributed by atoms with Gasteiger partial charge in [0.2, 0.25) is 5.84 Å². The van der Waals surface area contributed by atoms with E-state index in [1.54, 1.807) is 0 Å². The molecule has 0 fully saturated rings. The highest BCUT2D eigenvalue weighted by molar-refractivity contribution is 9.17. The Morgan fingerprint density at radius 1 is 1.45 bits per heavy atom. The van der Waals surface area contributed by atoms with Crippen LogP contribution in [-0.2, 0) is 0 Å². The number of hydrogen-bond acceptors (Lipinski definition) is 1. The Bertz CT molecular complexity index is 194. The van der Waals surface area contributed by atoms with Crippen molar-refractivity contribution in [2.24, 2.45) is 9.98 Å². The van der Waals surface area contributed by atoms with Gasteiger partial charge in [0.15, 0.2) is 0 Å². The molecule has 2 nitrogen and oxygen atoms in total. The first-order chi connectivity index (χ1) is 5.02. The summed E-state index contributed by atoms with van der Waals surface area (Å²) in [5, 5.41) is 0.836. The molecule has 6 heteroatoms. The first kappa shape index (κ1) is 10.3. The van der Waals surface area contributed by atoms with Crippen molar-refractivity contribution in [2.45, 2.75) is 6.18 Å². The first-order valence-electron chi connectivity index (χ1n) is 2.41. The van der Waals surface area contributed by atoms with Gasteiger partial charge in [-0.05, 0) is 15.9 Å². The van der Waals surface area contributed by atoms with Crippen LogP contribution in [-0.4, -0.2) is 17.1 Å². The number of halogens is 4. The van der Waals surface area contributed by atoms with Crippen molar-refractivity contribution < 1.29 is 13.2 Å². The van der Waals surface area contributed by atoms with Crippen LogP contribution in [0.3, 0.4) is 0 Å². The second-order valence-corrected chi connectivity index (χ2v) is 1.77. The van der Waals surface area contributed by atoms with Gasteiger partial charge >= 0.3 is 6.18 Å². The summed E-state index contributed by atoms with van der Waals surface area (Å²) in [6.07, 6.45) is -3.75. The Hall–Kier alpha value is -0.650. The molecule has 0 unspecified atom stereocenters. The lowest BCUT2D eigenvalue weighted by Gasteiger charge is -2.02. The Labute approximate surface area is 69.7 Å². The lowest BCUT2D eigenvalue weighted by Crippen LogP contribution is -2.20. The van der Waals surface area contributed by atoms with Crippen LogP contribution < -0.4 is 0 Å². The van der Waals surface area contributed by atoms with Crippen LogP contribution in [0.5, 0.6) is 0 Å². The molecule has 11 heavy (non-hydrogen) atoms. The van der Waals surface area contributed by atoms with E-state index in [-0.39, 0.29) is 0 Å². The average Bonchev–Trinajstić information content (AvgIpc) is 1.85. The Morgan fingerprint density at radius 2 is 2.00 bits per heavy atom. The number of alkyl halides is 3. The van der Waals surface area contributed by atoms with Crippen molar-refractivity contribution in [3.05, 3.63) is 12.8 Å². The zero-order valence-electron chi connectivity index (χ0n) is 5.27. The van der Waals surface area contributed by atoms with Gasteiger partial charge in [0.05, 0.1) is 5.12 Å². The summed E-state index contributed by atoms with van der Waals surface area (Å²) < 4.78 is 35.3. The molecule has 0 N–H and O–H groups in total. The zero-order valence-corrected chi connectivity index (χ0v) is 6.85. The molecule has 0 aliphatic heterocycles. The lowest BCUT2D eigenvalue weighted by molar-refractivity contribution is -0.0596. The molecule has 0 radical (unpaired) electrons. The van der Waals surface area contributed by atoms with E-state index in [2.05, 4.69) is 32.5 Å². The van der Waals surface area contributed by atoms with Crippen LogP contribution in [0.15, 0.2) is 22.8 Å². The molecule has 0 atom stereocenters. The first-order valence-corrected chi connectivity index (χ1v) is 3.32. The molecule has 0 amide bonds. The van der Waals surface area contributed by atoms with Gasteiger partial charge in [-0.1, -0.05) is 6.58 Å². The molecule has 0 aliphatic carbocycles. The predicted octanol–water partition coefficient (Wildman–Crippen LogP) is 2.51. The molecule has 0 heterocycles. The van der Waals surface area contributed by atoms with Crippen molar-refractivity contribution in [2.75, 3.05) is 0 Å². The molecular formula is C5H4BrF3N2. The van der Waals surface area contributed by atoms with Gasteiger partial charge in [-0.2, -0.15) is 13.2 Å². The molecule has 0 aromatic rings. The molecule has 0 aromatic heterocycles. The molecule has 0 saturated heterocycles. The van der Waals surface area contributed by atoms with Gasteiger partial charge in [-0.15, -0.1) is 0 Å². The van der Waals surface area contributed by atoms with Crippen molar-refractivity contribution in [3.8, 4) is 0 Å². The minimum absolute atomic E-state index is 0.781. The van der Waals surface area contributed by atoms with Gasteiger partial charge in [-0.25, -0.2) is 9.98 Å². The van der Waals surface area contributed by atoms with Crippen LogP contribution in [0.1, 0.15) is 0 Å². The lowest BCUT2D eigenvalue weighted by atomic mass is 10.6. The van der Waals surface area contributed by atoms with Crippen LogP contribution in [0.2, 0.25) is 0 Å². The minimum atomic E-state index is -4.53. The third-order valence-electron chi connectivity index (χ3n) is 0.638. The quantitative estimate of drug-likeness (QED) is 0.487. The summed E-state index contributed by atoms with van der Waals surface area (Å²) in [7, 11) is 0. The van der Waals surface area contributed by atoms with Crippen molar-refractivity contribution in [3.63, 3.8) is 0 Å². The number of hydrogen-bond donors (Lipinski definition) is 0. The molecule has 0 bridgehead atoms. The monoisotopic (exact) mass is 228 g/mol.